The average molecular weight is 913 g/mol. The molecule has 56 heavy (non-hydrogen) atoms. The predicted molar refractivity (Wildman–Crippen MR) is 231 cm³/mol. The van der Waals surface area contributed by atoms with Crippen LogP contribution >= 0.6 is 0 Å². The zero-order chi connectivity index (χ0) is 38.6. The van der Waals surface area contributed by atoms with Gasteiger partial charge in [0.1, 0.15) is 0 Å². The Bertz CT molecular complexity index is 2240. The molecule has 8 aromatic rings. The minimum Gasteiger partial charge on any atom is -0.512 e. The number of benzene rings is 6. The summed E-state index contributed by atoms with van der Waals surface area (Å²) in [4.78, 5) is 20.8. The molecule has 1 radical (unpaired) electrons. The molecule has 2 heterocycles. The molecule has 0 saturated heterocycles. The number of carbonyl (C=O) groups is 1. The van der Waals surface area contributed by atoms with Crippen molar-refractivity contribution >= 4 is 48.9 Å². The van der Waals surface area contributed by atoms with Gasteiger partial charge < -0.3 is 5.11 Å². The van der Waals surface area contributed by atoms with Gasteiger partial charge in [-0.25, -0.2) is 0 Å². The van der Waals surface area contributed by atoms with E-state index in [-0.39, 0.29) is 43.5 Å². The molecular formula is C51H48IrN2O2-2. The standard InChI is InChI=1S/2C19H12N.C13H24O2.Ir/c2*1-2-6-15-11-17(10-9-14(15)5-1)19-12-16-7-3-4-8-18(16)13-20-19;1-5-10(6-2)12(14)9-13(15)11(7-3)8-4;/h2*1-10,12-13H;9-11,14H,5-8H2,1-4H3;/q2*-1;;/b;;12-9-;. The van der Waals surface area contributed by atoms with Gasteiger partial charge in [0.25, 0.3) is 0 Å². The summed E-state index contributed by atoms with van der Waals surface area (Å²) in [6.07, 6.45) is 8.75. The normalized spacial score (nSPS) is 11.2. The molecule has 0 unspecified atom stereocenters. The van der Waals surface area contributed by atoms with Gasteiger partial charge >= 0.3 is 0 Å². The van der Waals surface area contributed by atoms with Gasteiger partial charge in [-0.3, -0.25) is 14.8 Å². The number of fused-ring (bicyclic) bond motifs is 4. The van der Waals surface area contributed by atoms with E-state index in [4.69, 9.17) is 0 Å². The maximum atomic E-state index is 11.7. The zero-order valence-electron chi connectivity index (χ0n) is 32.5. The van der Waals surface area contributed by atoms with E-state index < -0.39 is 0 Å². The van der Waals surface area contributed by atoms with E-state index in [2.05, 4.69) is 119 Å². The van der Waals surface area contributed by atoms with Crippen molar-refractivity contribution in [1.29, 1.82) is 0 Å². The summed E-state index contributed by atoms with van der Waals surface area (Å²) >= 11 is 0. The Kier molecular flexibility index (Phi) is 15.2. The quantitative estimate of drug-likeness (QED) is 0.0890. The van der Waals surface area contributed by atoms with Crippen molar-refractivity contribution < 1.29 is 30.0 Å². The molecule has 5 heteroatoms. The molecule has 2 aromatic heterocycles. The van der Waals surface area contributed by atoms with Crippen LogP contribution in [0.1, 0.15) is 53.4 Å². The summed E-state index contributed by atoms with van der Waals surface area (Å²) in [5.41, 5.74) is 4.01. The number of hydrogen-bond acceptors (Lipinski definition) is 4. The number of allylic oxidation sites excluding steroid dienone is 2. The molecule has 0 spiro atoms. The van der Waals surface area contributed by atoms with E-state index in [0.29, 0.717) is 0 Å². The summed E-state index contributed by atoms with van der Waals surface area (Å²) in [5, 5.41) is 19.2. The number of pyridine rings is 2. The van der Waals surface area contributed by atoms with Crippen LogP contribution in [0.25, 0.3) is 65.6 Å². The van der Waals surface area contributed by atoms with Crippen LogP contribution in [0.4, 0.5) is 0 Å². The SMILES string of the molecule is CCC(CC)C(=O)/C=C(\O)C(CC)CC.[Ir].[c-]1c(-c2cc3ccccc3cn2)ccc2ccccc12.[c-]1c(-c2cc3ccccc3cn2)ccc2ccccc12. The van der Waals surface area contributed by atoms with Crippen molar-refractivity contribution in [2.45, 2.75) is 53.4 Å². The maximum absolute atomic E-state index is 11.7. The third kappa shape index (κ3) is 10.4. The van der Waals surface area contributed by atoms with Crippen molar-refractivity contribution in [2.24, 2.45) is 11.8 Å². The summed E-state index contributed by atoms with van der Waals surface area (Å²) in [7, 11) is 0. The first-order chi connectivity index (χ1) is 26.9. The Hall–Kier alpha value is -5.48. The van der Waals surface area contributed by atoms with Crippen molar-refractivity contribution in [3.05, 3.63) is 170 Å². The van der Waals surface area contributed by atoms with Crippen LogP contribution in [0.3, 0.4) is 0 Å². The number of aliphatic hydroxyl groups excluding tert-OH is 1. The van der Waals surface area contributed by atoms with E-state index in [1.54, 1.807) is 0 Å². The predicted octanol–water partition coefficient (Wildman–Crippen LogP) is 13.6. The fraction of sp³-hybridized carbons (Fsp3) is 0.196. The fourth-order valence-corrected chi connectivity index (χ4v) is 6.77. The minimum atomic E-state index is 0. The molecule has 0 bridgehead atoms. The van der Waals surface area contributed by atoms with Crippen LogP contribution in [0.5, 0.6) is 0 Å². The van der Waals surface area contributed by atoms with Gasteiger partial charge in [-0.1, -0.05) is 147 Å². The van der Waals surface area contributed by atoms with E-state index >= 15 is 0 Å². The van der Waals surface area contributed by atoms with Crippen LogP contribution in [0, 0.1) is 24.0 Å². The molecule has 0 saturated carbocycles. The average Bonchev–Trinajstić information content (AvgIpc) is 3.24. The molecule has 0 aliphatic carbocycles. The van der Waals surface area contributed by atoms with Crippen LogP contribution < -0.4 is 0 Å². The second-order valence-electron chi connectivity index (χ2n) is 13.8. The van der Waals surface area contributed by atoms with Crippen LogP contribution in [-0.2, 0) is 24.9 Å². The molecule has 1 N–H and O–H groups in total. The van der Waals surface area contributed by atoms with E-state index in [0.717, 1.165) is 69.7 Å². The van der Waals surface area contributed by atoms with Gasteiger partial charge in [-0.15, -0.1) is 59.3 Å². The Morgan fingerprint density at radius 1 is 0.536 bits per heavy atom. The number of rotatable bonds is 9. The van der Waals surface area contributed by atoms with E-state index in [1.807, 2.05) is 76.5 Å². The molecule has 0 fully saturated rings. The third-order valence-corrected chi connectivity index (χ3v) is 10.2. The first-order valence-electron chi connectivity index (χ1n) is 19.4. The molecule has 8 rings (SSSR count). The van der Waals surface area contributed by atoms with Gasteiger partial charge in [-0.05, 0) is 47.2 Å². The van der Waals surface area contributed by atoms with Gasteiger partial charge in [-0.2, -0.15) is 0 Å². The number of hydrogen-bond donors (Lipinski definition) is 1. The third-order valence-electron chi connectivity index (χ3n) is 10.2. The molecule has 0 aliphatic rings. The van der Waals surface area contributed by atoms with Gasteiger partial charge in [0.05, 0.1) is 5.76 Å². The van der Waals surface area contributed by atoms with Crippen molar-refractivity contribution in [2.75, 3.05) is 0 Å². The Labute approximate surface area is 344 Å². The number of carbonyl (C=O) groups excluding carboxylic acids is 1. The Balaban J connectivity index is 0.000000162. The summed E-state index contributed by atoms with van der Waals surface area (Å²) in [6, 6.07) is 52.6. The number of aromatic nitrogens is 2. The number of nitrogens with zero attached hydrogens (tertiary/aromatic N) is 2. The van der Waals surface area contributed by atoms with Crippen LogP contribution in [-0.4, -0.2) is 20.9 Å². The molecule has 4 nitrogen and oxygen atoms in total. The van der Waals surface area contributed by atoms with Crippen molar-refractivity contribution in [3.63, 3.8) is 0 Å². The first-order valence-corrected chi connectivity index (χ1v) is 19.4. The molecule has 285 valence electrons. The molecule has 6 aromatic carbocycles. The summed E-state index contributed by atoms with van der Waals surface area (Å²) in [6.45, 7) is 8.07. The molecule has 0 atom stereocenters. The topological polar surface area (TPSA) is 63.1 Å². The molecular weight excluding hydrogens is 865 g/mol. The zero-order valence-corrected chi connectivity index (χ0v) is 34.9. The second kappa shape index (κ2) is 20.4. The number of ketones is 1. The smallest absolute Gasteiger partial charge is 0.162 e. The van der Waals surface area contributed by atoms with Gasteiger partial charge in [0.2, 0.25) is 0 Å². The summed E-state index contributed by atoms with van der Waals surface area (Å²) in [5.74, 6) is 0.547. The van der Waals surface area contributed by atoms with Crippen molar-refractivity contribution in [1.82, 2.24) is 9.97 Å². The number of aliphatic hydroxyl groups is 1. The monoisotopic (exact) mass is 913 g/mol. The van der Waals surface area contributed by atoms with Gasteiger partial charge in [0.15, 0.2) is 5.78 Å². The van der Waals surface area contributed by atoms with E-state index in [1.165, 1.54) is 27.6 Å². The van der Waals surface area contributed by atoms with Crippen LogP contribution in [0.2, 0.25) is 0 Å². The first kappa shape index (κ1) is 41.7. The second-order valence-corrected chi connectivity index (χ2v) is 13.8. The Morgan fingerprint density at radius 2 is 0.911 bits per heavy atom. The van der Waals surface area contributed by atoms with Crippen molar-refractivity contribution in [3.8, 4) is 22.5 Å². The summed E-state index contributed by atoms with van der Waals surface area (Å²) < 4.78 is 0. The maximum Gasteiger partial charge on any atom is 0.162 e. The Morgan fingerprint density at radius 3 is 1.32 bits per heavy atom. The fourth-order valence-electron chi connectivity index (χ4n) is 6.77. The van der Waals surface area contributed by atoms with Gasteiger partial charge in [0, 0.05) is 61.8 Å². The molecule has 0 aliphatic heterocycles. The van der Waals surface area contributed by atoms with Crippen LogP contribution in [0.15, 0.2) is 158 Å². The minimum absolute atomic E-state index is 0. The largest absolute Gasteiger partial charge is 0.512 e. The van der Waals surface area contributed by atoms with E-state index in [9.17, 15) is 9.90 Å². The molecule has 0 amide bonds.